The fourth-order valence-electron chi connectivity index (χ4n) is 2.40. The Labute approximate surface area is 119 Å². The van der Waals surface area contributed by atoms with Crippen LogP contribution >= 0.6 is 0 Å². The summed E-state index contributed by atoms with van der Waals surface area (Å²) < 4.78 is 13.3. The van der Waals surface area contributed by atoms with Crippen molar-refractivity contribution in [2.45, 2.75) is 25.7 Å². The number of urea groups is 1. The summed E-state index contributed by atoms with van der Waals surface area (Å²) in [6.45, 7) is 4.15. The summed E-state index contributed by atoms with van der Waals surface area (Å²) in [5.74, 6) is -0.420. The molecule has 0 spiro atoms. The van der Waals surface area contributed by atoms with E-state index in [4.69, 9.17) is 0 Å². The van der Waals surface area contributed by atoms with Crippen LogP contribution in [0.3, 0.4) is 0 Å². The van der Waals surface area contributed by atoms with Crippen LogP contribution in [-0.2, 0) is 0 Å². The SMILES string of the molecule is O=C(NCCCCN1CCCC1)Nc1ccccc1F. The molecular formula is C15H22FN3O. The molecule has 0 unspecified atom stereocenters. The lowest BCUT2D eigenvalue weighted by Gasteiger charge is -2.14. The highest BCUT2D eigenvalue weighted by Gasteiger charge is 2.10. The molecule has 1 fully saturated rings. The number of benzene rings is 1. The minimum absolute atomic E-state index is 0.210. The van der Waals surface area contributed by atoms with Crippen LogP contribution in [0.4, 0.5) is 14.9 Å². The quantitative estimate of drug-likeness (QED) is 0.786. The minimum Gasteiger partial charge on any atom is -0.338 e. The average Bonchev–Trinajstić information content (AvgIpc) is 2.94. The van der Waals surface area contributed by atoms with E-state index in [-0.39, 0.29) is 11.7 Å². The molecule has 1 aliphatic rings. The summed E-state index contributed by atoms with van der Waals surface area (Å²) >= 11 is 0. The highest BCUT2D eigenvalue weighted by molar-refractivity contribution is 5.89. The number of carbonyl (C=O) groups excluding carboxylic acids is 1. The highest BCUT2D eigenvalue weighted by Crippen LogP contribution is 2.12. The molecule has 0 bridgehead atoms. The van der Waals surface area contributed by atoms with Gasteiger partial charge in [-0.3, -0.25) is 0 Å². The Morgan fingerprint density at radius 1 is 1.20 bits per heavy atom. The van der Waals surface area contributed by atoms with Crippen LogP contribution in [0.25, 0.3) is 0 Å². The summed E-state index contributed by atoms with van der Waals surface area (Å²) in [4.78, 5) is 14.0. The van der Waals surface area contributed by atoms with Crippen LogP contribution in [-0.4, -0.2) is 37.1 Å². The van der Waals surface area contributed by atoms with Crippen molar-refractivity contribution in [1.29, 1.82) is 0 Å². The minimum atomic E-state index is -0.420. The molecule has 1 saturated heterocycles. The summed E-state index contributed by atoms with van der Waals surface area (Å²) in [7, 11) is 0. The van der Waals surface area contributed by atoms with Gasteiger partial charge in [0.1, 0.15) is 5.82 Å². The molecule has 1 aliphatic heterocycles. The third-order valence-corrected chi connectivity index (χ3v) is 3.51. The summed E-state index contributed by atoms with van der Waals surface area (Å²) in [5, 5.41) is 5.26. The first kappa shape index (κ1) is 14.8. The molecule has 0 aromatic heterocycles. The standard InChI is InChI=1S/C15H22FN3O/c16-13-7-1-2-8-14(13)18-15(20)17-9-3-4-10-19-11-5-6-12-19/h1-2,7-8H,3-6,9-12H2,(H2,17,18,20). The Balaban J connectivity index is 1.57. The van der Waals surface area contributed by atoms with Gasteiger partial charge in [0, 0.05) is 6.54 Å². The molecule has 20 heavy (non-hydrogen) atoms. The monoisotopic (exact) mass is 279 g/mol. The van der Waals surface area contributed by atoms with Gasteiger partial charge in [-0.2, -0.15) is 0 Å². The van der Waals surface area contributed by atoms with E-state index < -0.39 is 5.82 Å². The fourth-order valence-corrected chi connectivity index (χ4v) is 2.40. The number of anilines is 1. The predicted molar refractivity (Wildman–Crippen MR) is 78.3 cm³/mol. The van der Waals surface area contributed by atoms with Gasteiger partial charge in [0.15, 0.2) is 0 Å². The zero-order valence-electron chi connectivity index (χ0n) is 11.7. The molecule has 1 heterocycles. The van der Waals surface area contributed by atoms with Crippen LogP contribution in [0, 0.1) is 5.82 Å². The smallest absolute Gasteiger partial charge is 0.319 e. The van der Waals surface area contributed by atoms with E-state index in [1.54, 1.807) is 18.2 Å². The highest BCUT2D eigenvalue weighted by atomic mass is 19.1. The van der Waals surface area contributed by atoms with Gasteiger partial charge >= 0.3 is 6.03 Å². The van der Waals surface area contributed by atoms with Gasteiger partial charge in [-0.15, -0.1) is 0 Å². The molecule has 2 amide bonds. The first-order valence-electron chi connectivity index (χ1n) is 7.27. The van der Waals surface area contributed by atoms with E-state index in [1.807, 2.05) is 0 Å². The Morgan fingerprint density at radius 3 is 2.70 bits per heavy atom. The number of nitrogens with zero attached hydrogens (tertiary/aromatic N) is 1. The maximum Gasteiger partial charge on any atom is 0.319 e. The Hall–Kier alpha value is -1.62. The van der Waals surface area contributed by atoms with Gasteiger partial charge in [0.25, 0.3) is 0 Å². The second kappa shape index (κ2) is 7.85. The molecule has 4 nitrogen and oxygen atoms in total. The summed E-state index contributed by atoms with van der Waals surface area (Å²) in [5.41, 5.74) is 0.210. The van der Waals surface area contributed by atoms with Gasteiger partial charge in [-0.1, -0.05) is 12.1 Å². The van der Waals surface area contributed by atoms with Gasteiger partial charge in [0.05, 0.1) is 5.69 Å². The lowest BCUT2D eigenvalue weighted by atomic mass is 10.3. The number of rotatable bonds is 6. The number of para-hydroxylation sites is 1. The normalized spacial score (nSPS) is 15.2. The van der Waals surface area contributed by atoms with Crippen molar-refractivity contribution in [3.05, 3.63) is 30.1 Å². The van der Waals surface area contributed by atoms with Gasteiger partial charge in [-0.25, -0.2) is 9.18 Å². The van der Waals surface area contributed by atoms with E-state index in [2.05, 4.69) is 15.5 Å². The number of carbonyl (C=O) groups is 1. The van der Waals surface area contributed by atoms with E-state index in [1.165, 1.54) is 32.0 Å². The molecule has 110 valence electrons. The number of amides is 2. The maximum atomic E-state index is 13.3. The van der Waals surface area contributed by atoms with Crippen molar-refractivity contribution < 1.29 is 9.18 Å². The number of nitrogens with one attached hydrogen (secondary N) is 2. The zero-order valence-corrected chi connectivity index (χ0v) is 11.7. The predicted octanol–water partition coefficient (Wildman–Crippen LogP) is 2.82. The molecule has 0 atom stereocenters. The summed E-state index contributed by atoms with van der Waals surface area (Å²) in [6.07, 6.45) is 4.65. The van der Waals surface area contributed by atoms with Crippen molar-refractivity contribution >= 4 is 11.7 Å². The molecule has 2 rings (SSSR count). The number of likely N-dealkylation sites (tertiary alicyclic amines) is 1. The molecule has 5 heteroatoms. The number of halogens is 1. The van der Waals surface area contributed by atoms with Crippen molar-refractivity contribution in [1.82, 2.24) is 10.2 Å². The molecule has 0 aliphatic carbocycles. The first-order valence-corrected chi connectivity index (χ1v) is 7.27. The largest absolute Gasteiger partial charge is 0.338 e. The lowest BCUT2D eigenvalue weighted by Crippen LogP contribution is -2.30. The zero-order chi connectivity index (χ0) is 14.2. The van der Waals surface area contributed by atoms with Gasteiger partial charge in [0.2, 0.25) is 0 Å². The third-order valence-electron chi connectivity index (χ3n) is 3.51. The van der Waals surface area contributed by atoms with Crippen molar-refractivity contribution in [2.24, 2.45) is 0 Å². The van der Waals surface area contributed by atoms with Crippen molar-refractivity contribution in [3.8, 4) is 0 Å². The van der Waals surface area contributed by atoms with Crippen LogP contribution in [0.2, 0.25) is 0 Å². The summed E-state index contributed by atoms with van der Waals surface area (Å²) in [6, 6.07) is 5.80. The van der Waals surface area contributed by atoms with E-state index in [0.29, 0.717) is 6.54 Å². The Kier molecular flexibility index (Phi) is 5.80. The van der Waals surface area contributed by atoms with Gasteiger partial charge in [-0.05, 0) is 57.5 Å². The Morgan fingerprint density at radius 2 is 1.95 bits per heavy atom. The molecule has 2 N–H and O–H groups in total. The van der Waals surface area contributed by atoms with E-state index >= 15 is 0 Å². The number of hydrogen-bond acceptors (Lipinski definition) is 2. The third kappa shape index (κ3) is 4.81. The number of unbranched alkanes of at least 4 members (excludes halogenated alkanes) is 1. The van der Waals surface area contributed by atoms with Crippen LogP contribution < -0.4 is 10.6 Å². The van der Waals surface area contributed by atoms with Crippen LogP contribution in [0.5, 0.6) is 0 Å². The first-order chi connectivity index (χ1) is 9.75. The van der Waals surface area contributed by atoms with E-state index in [0.717, 1.165) is 19.4 Å². The van der Waals surface area contributed by atoms with E-state index in [9.17, 15) is 9.18 Å². The van der Waals surface area contributed by atoms with Gasteiger partial charge < -0.3 is 15.5 Å². The fraction of sp³-hybridized carbons (Fsp3) is 0.533. The second-order valence-electron chi connectivity index (χ2n) is 5.12. The Bertz CT molecular complexity index is 433. The number of hydrogen-bond donors (Lipinski definition) is 2. The van der Waals surface area contributed by atoms with Crippen molar-refractivity contribution in [2.75, 3.05) is 31.5 Å². The van der Waals surface area contributed by atoms with Crippen LogP contribution in [0.1, 0.15) is 25.7 Å². The maximum absolute atomic E-state index is 13.3. The van der Waals surface area contributed by atoms with Crippen LogP contribution in [0.15, 0.2) is 24.3 Å². The lowest BCUT2D eigenvalue weighted by molar-refractivity contribution is 0.251. The molecular weight excluding hydrogens is 257 g/mol. The molecule has 1 aromatic carbocycles. The average molecular weight is 279 g/mol. The van der Waals surface area contributed by atoms with Crippen molar-refractivity contribution in [3.63, 3.8) is 0 Å². The molecule has 0 radical (unpaired) electrons. The second-order valence-corrected chi connectivity index (χ2v) is 5.12. The molecule has 0 saturated carbocycles. The molecule has 1 aromatic rings. The topological polar surface area (TPSA) is 44.4 Å².